The third-order valence-corrected chi connectivity index (χ3v) is 3.48. The van der Waals surface area contributed by atoms with Crippen LogP contribution >= 0.6 is 0 Å². The lowest BCUT2D eigenvalue weighted by molar-refractivity contribution is 0.117. The Kier molecular flexibility index (Phi) is 3.05. The van der Waals surface area contributed by atoms with E-state index in [9.17, 15) is 4.79 Å². The second-order valence-corrected chi connectivity index (χ2v) is 5.36. The van der Waals surface area contributed by atoms with Crippen molar-refractivity contribution in [1.82, 2.24) is 10.3 Å². The Morgan fingerprint density at radius 1 is 1.53 bits per heavy atom. The number of carbonyl (C=O) groups excluding carboxylic acids is 1. The van der Waals surface area contributed by atoms with Gasteiger partial charge in [0.25, 0.3) is 0 Å². The van der Waals surface area contributed by atoms with Gasteiger partial charge in [0.15, 0.2) is 0 Å². The summed E-state index contributed by atoms with van der Waals surface area (Å²) < 4.78 is 0. The van der Waals surface area contributed by atoms with Crippen LogP contribution in [0, 0.1) is 12.3 Å². The van der Waals surface area contributed by atoms with Crippen LogP contribution in [0.15, 0.2) is 18.3 Å². The van der Waals surface area contributed by atoms with Crippen molar-refractivity contribution < 1.29 is 4.79 Å². The van der Waals surface area contributed by atoms with E-state index in [0.29, 0.717) is 0 Å². The van der Waals surface area contributed by atoms with Gasteiger partial charge in [0.1, 0.15) is 0 Å². The highest BCUT2D eigenvalue weighted by atomic mass is 16.2. The Bertz CT molecular complexity index is 428. The molecule has 0 aromatic carbocycles. The van der Waals surface area contributed by atoms with Crippen LogP contribution in [0.4, 0.5) is 10.5 Å². The lowest BCUT2D eigenvalue weighted by Crippen LogP contribution is -2.53. The molecule has 0 aliphatic heterocycles. The number of nitrogens with one attached hydrogen (secondary N) is 2. The fourth-order valence-corrected chi connectivity index (χ4v) is 2.08. The quantitative estimate of drug-likeness (QED) is 0.825. The first-order valence-corrected chi connectivity index (χ1v) is 5.97. The third kappa shape index (κ3) is 2.75. The molecule has 0 saturated heterocycles. The van der Waals surface area contributed by atoms with Gasteiger partial charge < -0.3 is 10.6 Å². The summed E-state index contributed by atoms with van der Waals surface area (Å²) in [7, 11) is 0. The third-order valence-electron chi connectivity index (χ3n) is 3.48. The Morgan fingerprint density at radius 2 is 2.29 bits per heavy atom. The molecule has 1 saturated carbocycles. The number of anilines is 1. The summed E-state index contributed by atoms with van der Waals surface area (Å²) in [6.07, 6.45) is 3.93. The van der Waals surface area contributed by atoms with Crippen LogP contribution in [-0.2, 0) is 0 Å². The van der Waals surface area contributed by atoms with Gasteiger partial charge in [0, 0.05) is 23.6 Å². The van der Waals surface area contributed by atoms with Crippen LogP contribution in [0.25, 0.3) is 0 Å². The number of rotatable bonds is 2. The van der Waals surface area contributed by atoms with Gasteiger partial charge in [0.05, 0.1) is 0 Å². The maximum absolute atomic E-state index is 11.8. The van der Waals surface area contributed by atoms with Crippen molar-refractivity contribution in [2.24, 2.45) is 5.41 Å². The Hall–Kier alpha value is -1.58. The summed E-state index contributed by atoms with van der Waals surface area (Å²) >= 11 is 0. The minimum Gasteiger partial charge on any atom is -0.335 e. The van der Waals surface area contributed by atoms with Gasteiger partial charge in [-0.2, -0.15) is 0 Å². The molecule has 2 rings (SSSR count). The van der Waals surface area contributed by atoms with Crippen molar-refractivity contribution in [2.45, 2.75) is 39.7 Å². The summed E-state index contributed by atoms with van der Waals surface area (Å²) in [5.41, 5.74) is 1.91. The fourth-order valence-electron chi connectivity index (χ4n) is 2.08. The molecule has 1 aliphatic rings. The van der Waals surface area contributed by atoms with Gasteiger partial charge in [-0.3, -0.25) is 4.98 Å². The molecule has 2 amide bonds. The van der Waals surface area contributed by atoms with Crippen molar-refractivity contribution in [3.63, 3.8) is 0 Å². The van der Waals surface area contributed by atoms with Gasteiger partial charge in [-0.25, -0.2) is 4.79 Å². The highest BCUT2D eigenvalue weighted by Gasteiger charge is 2.39. The van der Waals surface area contributed by atoms with E-state index in [-0.39, 0.29) is 17.5 Å². The maximum atomic E-state index is 11.8. The molecule has 1 aliphatic carbocycles. The molecule has 1 aromatic heterocycles. The molecule has 17 heavy (non-hydrogen) atoms. The highest BCUT2D eigenvalue weighted by Crippen LogP contribution is 2.39. The van der Waals surface area contributed by atoms with Crippen LogP contribution in [0.2, 0.25) is 0 Å². The number of nitrogens with zero attached hydrogens (tertiary/aromatic N) is 1. The fraction of sp³-hybridized carbons (Fsp3) is 0.538. The van der Waals surface area contributed by atoms with Gasteiger partial charge in [0.2, 0.25) is 0 Å². The molecular formula is C13H19N3O. The van der Waals surface area contributed by atoms with E-state index in [4.69, 9.17) is 0 Å². The predicted molar refractivity (Wildman–Crippen MR) is 67.9 cm³/mol. The first-order valence-electron chi connectivity index (χ1n) is 5.97. The van der Waals surface area contributed by atoms with Crippen LogP contribution in [0.3, 0.4) is 0 Å². The van der Waals surface area contributed by atoms with Crippen LogP contribution in [0.5, 0.6) is 0 Å². The van der Waals surface area contributed by atoms with E-state index in [1.54, 1.807) is 12.3 Å². The average molecular weight is 233 g/mol. The lowest BCUT2D eigenvalue weighted by atomic mass is 9.67. The van der Waals surface area contributed by atoms with Crippen molar-refractivity contribution in [2.75, 3.05) is 5.32 Å². The van der Waals surface area contributed by atoms with E-state index >= 15 is 0 Å². The molecule has 1 aromatic rings. The molecule has 4 nitrogen and oxygen atoms in total. The molecule has 1 heterocycles. The molecular weight excluding hydrogens is 214 g/mol. The van der Waals surface area contributed by atoms with E-state index in [1.807, 2.05) is 13.0 Å². The molecule has 92 valence electrons. The number of hydrogen-bond donors (Lipinski definition) is 2. The SMILES string of the molecule is Cc1cc(NC(=O)NC2CCC2(C)C)ccn1. The maximum Gasteiger partial charge on any atom is 0.319 e. The van der Waals surface area contributed by atoms with Crippen LogP contribution in [0.1, 0.15) is 32.4 Å². The van der Waals surface area contributed by atoms with E-state index in [2.05, 4.69) is 29.5 Å². The molecule has 2 N–H and O–H groups in total. The Labute approximate surface area is 102 Å². The normalized spacial score (nSPS) is 21.5. The van der Waals surface area contributed by atoms with Crippen LogP contribution in [-0.4, -0.2) is 17.1 Å². The first-order chi connectivity index (χ1) is 7.97. The van der Waals surface area contributed by atoms with Gasteiger partial charge in [-0.15, -0.1) is 0 Å². The summed E-state index contributed by atoms with van der Waals surface area (Å²) in [4.78, 5) is 15.9. The summed E-state index contributed by atoms with van der Waals surface area (Å²) in [5.74, 6) is 0. The van der Waals surface area contributed by atoms with Crippen molar-refractivity contribution in [3.8, 4) is 0 Å². The zero-order valence-electron chi connectivity index (χ0n) is 10.6. The second kappa shape index (κ2) is 4.35. The van der Waals surface area contributed by atoms with Gasteiger partial charge >= 0.3 is 6.03 Å². The Morgan fingerprint density at radius 3 is 2.82 bits per heavy atom. The molecule has 0 spiro atoms. The summed E-state index contributed by atoms with van der Waals surface area (Å²) in [5, 5.41) is 5.83. The highest BCUT2D eigenvalue weighted by molar-refractivity contribution is 5.89. The van der Waals surface area contributed by atoms with E-state index in [1.165, 1.54) is 6.42 Å². The molecule has 1 unspecified atom stereocenters. The summed E-state index contributed by atoms with van der Waals surface area (Å²) in [6, 6.07) is 3.79. The summed E-state index contributed by atoms with van der Waals surface area (Å²) in [6.45, 7) is 6.26. The molecule has 1 fully saturated rings. The van der Waals surface area contributed by atoms with Gasteiger partial charge in [-0.05, 0) is 37.3 Å². The minimum atomic E-state index is -0.131. The standard InChI is InChI=1S/C13H19N3O/c1-9-8-10(5-7-14-9)15-12(17)16-11-4-6-13(11,2)3/h5,7-8,11H,4,6H2,1-3H3,(H2,14,15,16,17). The van der Waals surface area contributed by atoms with Crippen molar-refractivity contribution in [3.05, 3.63) is 24.0 Å². The molecule has 0 radical (unpaired) electrons. The first kappa shape index (κ1) is 11.9. The number of aryl methyl sites for hydroxylation is 1. The van der Waals surface area contributed by atoms with E-state index < -0.39 is 0 Å². The van der Waals surface area contributed by atoms with Crippen molar-refractivity contribution in [1.29, 1.82) is 0 Å². The topological polar surface area (TPSA) is 54.0 Å². The molecule has 1 atom stereocenters. The molecule has 0 bridgehead atoms. The second-order valence-electron chi connectivity index (χ2n) is 5.36. The number of aromatic nitrogens is 1. The number of hydrogen-bond acceptors (Lipinski definition) is 2. The van der Waals surface area contributed by atoms with E-state index in [0.717, 1.165) is 17.8 Å². The van der Waals surface area contributed by atoms with Crippen LogP contribution < -0.4 is 10.6 Å². The molecule has 4 heteroatoms. The smallest absolute Gasteiger partial charge is 0.319 e. The Balaban J connectivity index is 1.90. The number of amides is 2. The number of carbonyl (C=O) groups is 1. The van der Waals surface area contributed by atoms with Crippen molar-refractivity contribution >= 4 is 11.7 Å². The number of urea groups is 1. The average Bonchev–Trinajstić information content (AvgIpc) is 2.25. The zero-order valence-corrected chi connectivity index (χ0v) is 10.6. The predicted octanol–water partition coefficient (Wildman–Crippen LogP) is 2.70. The van der Waals surface area contributed by atoms with Gasteiger partial charge in [-0.1, -0.05) is 13.8 Å². The largest absolute Gasteiger partial charge is 0.335 e. The zero-order chi connectivity index (χ0) is 12.5. The monoisotopic (exact) mass is 233 g/mol. The lowest BCUT2D eigenvalue weighted by Gasteiger charge is -2.44. The number of pyridine rings is 1. The minimum absolute atomic E-state index is 0.131.